The van der Waals surface area contributed by atoms with Gasteiger partial charge in [0.25, 0.3) is 0 Å². The molecule has 1 aliphatic heterocycles. The smallest absolute Gasteiger partial charge is 0.157 e. The number of aliphatic hydroxyl groups excluding tert-OH is 1. The van der Waals surface area contributed by atoms with Crippen LogP contribution in [-0.2, 0) is 4.74 Å². The molecule has 0 radical (unpaired) electrons. The van der Waals surface area contributed by atoms with Gasteiger partial charge in [-0.05, 0) is 11.8 Å². The van der Waals surface area contributed by atoms with Crippen LogP contribution in [0.3, 0.4) is 0 Å². The molecule has 0 aromatic rings. The highest BCUT2D eigenvalue weighted by Crippen LogP contribution is 2.28. The third kappa shape index (κ3) is 1.32. The van der Waals surface area contributed by atoms with Crippen molar-refractivity contribution in [1.82, 2.24) is 0 Å². The summed E-state index contributed by atoms with van der Waals surface area (Å²) in [6.45, 7) is 7.06. The molecule has 10 heavy (non-hydrogen) atoms. The molecule has 0 saturated carbocycles. The average molecular weight is 144 g/mol. The van der Waals surface area contributed by atoms with Gasteiger partial charge < -0.3 is 9.84 Å². The number of ether oxygens (including phenoxy) is 1. The molecule has 1 fully saturated rings. The van der Waals surface area contributed by atoms with Gasteiger partial charge in [0, 0.05) is 5.92 Å². The summed E-state index contributed by atoms with van der Waals surface area (Å²) in [5, 5.41) is 9.24. The SMILES string of the molecule is CC1[C@@H](C)[C@H](C)CO[C@@H]1O. The van der Waals surface area contributed by atoms with E-state index in [2.05, 4.69) is 13.8 Å². The van der Waals surface area contributed by atoms with Gasteiger partial charge >= 0.3 is 0 Å². The zero-order chi connectivity index (χ0) is 7.72. The van der Waals surface area contributed by atoms with Gasteiger partial charge in [0.15, 0.2) is 6.29 Å². The van der Waals surface area contributed by atoms with E-state index < -0.39 is 6.29 Å². The summed E-state index contributed by atoms with van der Waals surface area (Å²) in [6.07, 6.45) is -0.536. The minimum Gasteiger partial charge on any atom is -0.368 e. The molecule has 0 aliphatic carbocycles. The molecule has 0 aromatic heterocycles. The van der Waals surface area contributed by atoms with Crippen molar-refractivity contribution in [3.8, 4) is 0 Å². The van der Waals surface area contributed by atoms with Crippen molar-refractivity contribution in [2.45, 2.75) is 27.1 Å². The van der Waals surface area contributed by atoms with E-state index in [0.717, 1.165) is 0 Å². The van der Waals surface area contributed by atoms with Crippen LogP contribution >= 0.6 is 0 Å². The van der Waals surface area contributed by atoms with E-state index in [1.165, 1.54) is 0 Å². The molecule has 0 aromatic carbocycles. The quantitative estimate of drug-likeness (QED) is 0.554. The summed E-state index contributed by atoms with van der Waals surface area (Å²) in [5.74, 6) is 1.44. The molecule has 1 N–H and O–H groups in total. The van der Waals surface area contributed by atoms with Gasteiger partial charge in [0.2, 0.25) is 0 Å². The van der Waals surface area contributed by atoms with Crippen LogP contribution in [0.15, 0.2) is 0 Å². The Morgan fingerprint density at radius 3 is 2.30 bits per heavy atom. The fourth-order valence-corrected chi connectivity index (χ4v) is 1.33. The summed E-state index contributed by atoms with van der Waals surface area (Å²) >= 11 is 0. The molecular formula is C8H16O2. The molecule has 2 nitrogen and oxygen atoms in total. The van der Waals surface area contributed by atoms with Crippen LogP contribution in [0.1, 0.15) is 20.8 Å². The van der Waals surface area contributed by atoms with E-state index in [1.807, 2.05) is 6.92 Å². The monoisotopic (exact) mass is 144 g/mol. The maximum Gasteiger partial charge on any atom is 0.157 e. The van der Waals surface area contributed by atoms with Crippen LogP contribution in [0.5, 0.6) is 0 Å². The predicted molar refractivity (Wildman–Crippen MR) is 39.5 cm³/mol. The predicted octanol–water partition coefficient (Wildman–Crippen LogP) is 1.24. The van der Waals surface area contributed by atoms with Gasteiger partial charge in [-0.1, -0.05) is 20.8 Å². The minimum atomic E-state index is -0.536. The lowest BCUT2D eigenvalue weighted by molar-refractivity contribution is -0.186. The molecule has 1 aliphatic rings. The molecule has 1 unspecified atom stereocenters. The Bertz CT molecular complexity index is 99.8. The first kappa shape index (κ1) is 8.02. The highest BCUT2D eigenvalue weighted by Gasteiger charge is 2.30. The zero-order valence-electron chi connectivity index (χ0n) is 6.87. The Labute approximate surface area is 62.2 Å². The Hall–Kier alpha value is -0.0800. The second-order valence-corrected chi connectivity index (χ2v) is 3.42. The molecule has 4 atom stereocenters. The van der Waals surface area contributed by atoms with Crippen LogP contribution in [0, 0.1) is 17.8 Å². The number of aliphatic hydroxyl groups is 1. The van der Waals surface area contributed by atoms with Crippen molar-refractivity contribution < 1.29 is 9.84 Å². The fraction of sp³-hybridized carbons (Fsp3) is 1.00. The summed E-state index contributed by atoms with van der Waals surface area (Å²) in [4.78, 5) is 0. The second kappa shape index (κ2) is 2.89. The van der Waals surface area contributed by atoms with Gasteiger partial charge in [-0.2, -0.15) is 0 Å². The zero-order valence-corrected chi connectivity index (χ0v) is 6.87. The molecule has 1 saturated heterocycles. The van der Waals surface area contributed by atoms with Crippen LogP contribution in [0.25, 0.3) is 0 Å². The normalized spacial score (nSPS) is 49.2. The maximum atomic E-state index is 9.24. The van der Waals surface area contributed by atoms with Crippen molar-refractivity contribution in [2.24, 2.45) is 17.8 Å². The fourth-order valence-electron chi connectivity index (χ4n) is 1.33. The molecule has 0 amide bonds. The summed E-state index contributed by atoms with van der Waals surface area (Å²) in [7, 11) is 0. The van der Waals surface area contributed by atoms with Gasteiger partial charge in [0.1, 0.15) is 0 Å². The van der Waals surface area contributed by atoms with Crippen LogP contribution in [0.4, 0.5) is 0 Å². The van der Waals surface area contributed by atoms with Gasteiger partial charge in [0.05, 0.1) is 6.61 Å². The lowest BCUT2D eigenvalue weighted by atomic mass is 9.83. The molecule has 0 bridgehead atoms. The lowest BCUT2D eigenvalue weighted by Crippen LogP contribution is -2.38. The van der Waals surface area contributed by atoms with E-state index >= 15 is 0 Å². The maximum absolute atomic E-state index is 9.24. The minimum absolute atomic E-state index is 0.281. The third-order valence-corrected chi connectivity index (χ3v) is 2.71. The van der Waals surface area contributed by atoms with Crippen molar-refractivity contribution >= 4 is 0 Å². The van der Waals surface area contributed by atoms with E-state index in [1.54, 1.807) is 0 Å². The number of hydrogen-bond donors (Lipinski definition) is 1. The molecule has 1 rings (SSSR count). The van der Waals surface area contributed by atoms with Gasteiger partial charge in [-0.3, -0.25) is 0 Å². The van der Waals surface area contributed by atoms with Crippen molar-refractivity contribution in [2.75, 3.05) is 6.61 Å². The Balaban J connectivity index is 2.52. The van der Waals surface area contributed by atoms with Crippen LogP contribution in [-0.4, -0.2) is 18.0 Å². The highest BCUT2D eigenvalue weighted by molar-refractivity contribution is 4.74. The third-order valence-electron chi connectivity index (χ3n) is 2.71. The molecular weight excluding hydrogens is 128 g/mol. The van der Waals surface area contributed by atoms with E-state index in [-0.39, 0.29) is 5.92 Å². The van der Waals surface area contributed by atoms with Gasteiger partial charge in [-0.15, -0.1) is 0 Å². The summed E-state index contributed by atoms with van der Waals surface area (Å²) < 4.78 is 5.13. The van der Waals surface area contributed by atoms with Crippen LogP contribution < -0.4 is 0 Å². The summed E-state index contributed by atoms with van der Waals surface area (Å²) in [6, 6.07) is 0. The number of hydrogen-bond acceptors (Lipinski definition) is 2. The second-order valence-electron chi connectivity index (χ2n) is 3.42. The first-order valence-corrected chi connectivity index (χ1v) is 3.92. The summed E-state index contributed by atoms with van der Waals surface area (Å²) in [5.41, 5.74) is 0. The average Bonchev–Trinajstić information content (AvgIpc) is 1.93. The topological polar surface area (TPSA) is 29.5 Å². The first-order valence-electron chi connectivity index (χ1n) is 3.92. The van der Waals surface area contributed by atoms with Crippen molar-refractivity contribution in [1.29, 1.82) is 0 Å². The standard InChI is InChI=1S/C8H16O2/c1-5-4-10-8(9)7(3)6(5)2/h5-9H,4H2,1-3H3/t5-,6+,7?,8+/m1/s1. The molecule has 60 valence electrons. The Kier molecular flexibility index (Phi) is 2.32. The first-order chi connectivity index (χ1) is 4.63. The van der Waals surface area contributed by atoms with Crippen LogP contribution in [0.2, 0.25) is 0 Å². The van der Waals surface area contributed by atoms with E-state index in [4.69, 9.17) is 4.74 Å². The van der Waals surface area contributed by atoms with E-state index in [0.29, 0.717) is 18.4 Å². The number of rotatable bonds is 0. The molecule has 1 heterocycles. The van der Waals surface area contributed by atoms with Crippen molar-refractivity contribution in [3.05, 3.63) is 0 Å². The van der Waals surface area contributed by atoms with Gasteiger partial charge in [-0.25, -0.2) is 0 Å². The Morgan fingerprint density at radius 1 is 1.20 bits per heavy atom. The largest absolute Gasteiger partial charge is 0.368 e. The van der Waals surface area contributed by atoms with Crippen molar-refractivity contribution in [3.63, 3.8) is 0 Å². The Morgan fingerprint density at radius 2 is 1.80 bits per heavy atom. The highest BCUT2D eigenvalue weighted by atomic mass is 16.6. The molecule has 2 heteroatoms. The van der Waals surface area contributed by atoms with E-state index in [9.17, 15) is 5.11 Å². The lowest BCUT2D eigenvalue weighted by Gasteiger charge is -2.35. The molecule has 0 spiro atoms.